The molecule has 0 atom stereocenters. The van der Waals surface area contributed by atoms with Gasteiger partial charge in [-0.05, 0) is 118 Å². The van der Waals surface area contributed by atoms with Gasteiger partial charge in [0.2, 0.25) is 5.69 Å². The molecule has 7 rings (SSSR count). The molecule has 322 valence electrons. The number of anilines is 3. The highest BCUT2D eigenvalue weighted by Crippen LogP contribution is 2.49. The van der Waals surface area contributed by atoms with Crippen molar-refractivity contribution in [1.82, 2.24) is 10.6 Å². The third-order valence-corrected chi connectivity index (χ3v) is 12.5. The predicted octanol–water partition coefficient (Wildman–Crippen LogP) is 9.91. The van der Waals surface area contributed by atoms with Crippen LogP contribution in [0.4, 0.5) is 22.7 Å². The first kappa shape index (κ1) is 44.0. The van der Waals surface area contributed by atoms with Crippen LogP contribution in [-0.2, 0) is 20.3 Å². The fourth-order valence-corrected chi connectivity index (χ4v) is 9.30. The van der Waals surface area contributed by atoms with Crippen molar-refractivity contribution in [2.24, 2.45) is 0 Å². The van der Waals surface area contributed by atoms with Gasteiger partial charge in [0, 0.05) is 90.9 Å². The standard InChI is InChI=1S/C53H61N5O4/c1-9-56-45-27-23-39(50(59)54-31-33-61-7)35-43(45)52(3,4)47(56)29-25-37-21-22-38(49(37)58(41-17-13-11-14-18-41)42-19-15-12-16-20-42)26-30-48-53(5,6)44-36-40(51(60)55-32-34-62-8)24-28-46(44)57(48)10-2/h11-20,23-30,35-36H,9-10,21-22,31-34H2,1-8H3,(H-,54,55,59,60)/p+1. The van der Waals surface area contributed by atoms with Crippen LogP contribution in [0.2, 0.25) is 0 Å². The molecule has 0 unspecified atom stereocenters. The Hall–Kier alpha value is -6.03. The third-order valence-electron chi connectivity index (χ3n) is 12.5. The van der Waals surface area contributed by atoms with Crippen LogP contribution in [0.15, 0.2) is 144 Å². The van der Waals surface area contributed by atoms with Crippen molar-refractivity contribution in [2.75, 3.05) is 63.4 Å². The summed E-state index contributed by atoms with van der Waals surface area (Å²) in [5, 5.41) is 5.96. The minimum absolute atomic E-state index is 0.0950. The van der Waals surface area contributed by atoms with Crippen LogP contribution in [0, 0.1) is 0 Å². The molecule has 2 N–H and O–H groups in total. The zero-order valence-corrected chi connectivity index (χ0v) is 37.7. The number of allylic oxidation sites excluding steroid dienone is 7. The lowest BCUT2D eigenvalue weighted by atomic mass is 9.80. The van der Waals surface area contributed by atoms with E-state index in [0.29, 0.717) is 37.4 Å². The Morgan fingerprint density at radius 3 is 1.87 bits per heavy atom. The van der Waals surface area contributed by atoms with E-state index in [-0.39, 0.29) is 22.6 Å². The van der Waals surface area contributed by atoms with Gasteiger partial charge >= 0.3 is 0 Å². The van der Waals surface area contributed by atoms with Gasteiger partial charge in [0.1, 0.15) is 6.54 Å². The second-order valence-corrected chi connectivity index (χ2v) is 17.0. The number of rotatable bonds is 16. The summed E-state index contributed by atoms with van der Waals surface area (Å²) in [4.78, 5) is 31.0. The largest absolute Gasteiger partial charge is 0.383 e. The molecule has 0 spiro atoms. The molecule has 0 radical (unpaired) electrons. The van der Waals surface area contributed by atoms with Crippen LogP contribution < -0.4 is 20.4 Å². The molecular formula is C53H62N5O4+. The van der Waals surface area contributed by atoms with E-state index in [1.807, 2.05) is 12.1 Å². The molecular weight excluding hydrogens is 771 g/mol. The lowest BCUT2D eigenvalue weighted by molar-refractivity contribution is -0.433. The summed E-state index contributed by atoms with van der Waals surface area (Å²) in [7, 11) is 3.27. The average Bonchev–Trinajstić information content (AvgIpc) is 3.85. The number of hydrogen-bond donors (Lipinski definition) is 2. The summed E-state index contributed by atoms with van der Waals surface area (Å²) in [6.07, 6.45) is 11.0. The number of ether oxygens (including phenoxy) is 2. The molecule has 2 amide bonds. The SMILES string of the molecule is CCN1C(=CC=C2CCC(C=CC3=[N+](CC)c4ccc(C(=O)NCCOC)cc4C3(C)C)=C2N(c2ccccc2)c2ccccc2)C(C)(C)c2cc(C(=O)NCCOC)ccc21. The minimum Gasteiger partial charge on any atom is -0.383 e. The highest BCUT2D eigenvalue weighted by molar-refractivity contribution is 6.04. The Labute approximate surface area is 368 Å². The van der Waals surface area contributed by atoms with Crippen molar-refractivity contribution >= 4 is 40.3 Å². The smallest absolute Gasteiger partial charge is 0.251 e. The maximum absolute atomic E-state index is 13.1. The van der Waals surface area contributed by atoms with Crippen LogP contribution in [-0.4, -0.2) is 75.7 Å². The number of methoxy groups -OCH3 is 2. The molecule has 3 aliphatic rings. The molecule has 0 saturated carbocycles. The molecule has 1 aliphatic carbocycles. The second kappa shape index (κ2) is 18.9. The molecule has 9 nitrogen and oxygen atoms in total. The Kier molecular flexibility index (Phi) is 13.4. The number of fused-ring (bicyclic) bond motifs is 2. The number of para-hydroxylation sites is 2. The first-order chi connectivity index (χ1) is 30.0. The van der Waals surface area contributed by atoms with E-state index in [4.69, 9.17) is 9.47 Å². The predicted molar refractivity (Wildman–Crippen MR) is 252 cm³/mol. The van der Waals surface area contributed by atoms with Crippen molar-refractivity contribution in [2.45, 2.75) is 65.2 Å². The Morgan fingerprint density at radius 1 is 0.726 bits per heavy atom. The first-order valence-electron chi connectivity index (χ1n) is 21.9. The fraction of sp³-hybridized carbons (Fsp3) is 0.340. The van der Waals surface area contributed by atoms with Gasteiger partial charge in [-0.2, -0.15) is 4.58 Å². The normalized spacial score (nSPS) is 17.6. The number of nitrogens with one attached hydrogen (secondary N) is 2. The van der Waals surface area contributed by atoms with Gasteiger partial charge in [-0.25, -0.2) is 0 Å². The van der Waals surface area contributed by atoms with Crippen LogP contribution in [0.1, 0.15) is 86.2 Å². The van der Waals surface area contributed by atoms with Crippen LogP contribution in [0.25, 0.3) is 0 Å². The van der Waals surface area contributed by atoms with E-state index >= 15 is 0 Å². The quantitative estimate of drug-likeness (QED) is 0.0864. The van der Waals surface area contributed by atoms with Crippen molar-refractivity contribution in [3.05, 3.63) is 166 Å². The number of carbonyl (C=O) groups is 2. The molecule has 0 bridgehead atoms. The fourth-order valence-electron chi connectivity index (χ4n) is 9.30. The first-order valence-corrected chi connectivity index (χ1v) is 21.9. The van der Waals surface area contributed by atoms with E-state index in [1.165, 1.54) is 28.3 Å². The van der Waals surface area contributed by atoms with Crippen LogP contribution >= 0.6 is 0 Å². The van der Waals surface area contributed by atoms with Crippen molar-refractivity contribution < 1.29 is 23.6 Å². The summed E-state index contributed by atoms with van der Waals surface area (Å²) >= 11 is 0. The Balaban J connectivity index is 1.31. The topological polar surface area (TPSA) is 86.2 Å². The molecule has 0 fully saturated rings. The lowest BCUT2D eigenvalue weighted by Gasteiger charge is -2.29. The zero-order valence-electron chi connectivity index (χ0n) is 37.7. The van der Waals surface area contributed by atoms with Gasteiger partial charge in [-0.3, -0.25) is 9.59 Å². The number of nitrogens with zero attached hydrogens (tertiary/aromatic N) is 3. The molecule has 0 aromatic heterocycles. The van der Waals surface area contributed by atoms with Gasteiger partial charge in [0.05, 0.1) is 24.3 Å². The molecule has 62 heavy (non-hydrogen) atoms. The summed E-state index contributed by atoms with van der Waals surface area (Å²) in [5.41, 5.74) is 13.4. The molecule has 2 heterocycles. The molecule has 9 heteroatoms. The minimum atomic E-state index is -0.344. The maximum Gasteiger partial charge on any atom is 0.251 e. The third kappa shape index (κ3) is 8.56. The van der Waals surface area contributed by atoms with Gasteiger partial charge in [0.25, 0.3) is 11.8 Å². The summed E-state index contributed by atoms with van der Waals surface area (Å²) in [6.45, 7) is 16.9. The van der Waals surface area contributed by atoms with E-state index in [9.17, 15) is 9.59 Å². The highest BCUT2D eigenvalue weighted by Gasteiger charge is 2.44. The Bertz CT molecular complexity index is 2420. The van der Waals surface area contributed by atoms with Crippen molar-refractivity contribution in [3.63, 3.8) is 0 Å². The molecule has 0 saturated heterocycles. The number of hydrogen-bond acceptors (Lipinski definition) is 6. The molecule has 2 aliphatic heterocycles. The summed E-state index contributed by atoms with van der Waals surface area (Å²) < 4.78 is 12.7. The lowest BCUT2D eigenvalue weighted by Crippen LogP contribution is -2.29. The van der Waals surface area contributed by atoms with E-state index in [1.54, 1.807) is 14.2 Å². The number of likely N-dealkylation sites (N-methyl/N-ethyl adjacent to an activating group) is 1. The second-order valence-electron chi connectivity index (χ2n) is 17.0. The maximum atomic E-state index is 13.1. The van der Waals surface area contributed by atoms with E-state index in [0.717, 1.165) is 59.8 Å². The van der Waals surface area contributed by atoms with Gasteiger partial charge in [-0.1, -0.05) is 62.4 Å². The van der Waals surface area contributed by atoms with E-state index < -0.39 is 0 Å². The summed E-state index contributed by atoms with van der Waals surface area (Å²) in [6, 6.07) is 33.4. The zero-order chi connectivity index (χ0) is 44.0. The van der Waals surface area contributed by atoms with Crippen molar-refractivity contribution in [1.29, 1.82) is 0 Å². The van der Waals surface area contributed by atoms with Crippen LogP contribution in [0.3, 0.4) is 0 Å². The summed E-state index contributed by atoms with van der Waals surface area (Å²) in [5.74, 6) is -0.190. The number of carbonyl (C=O) groups excluding carboxylic acids is 2. The molecule has 4 aromatic carbocycles. The average molecular weight is 833 g/mol. The highest BCUT2D eigenvalue weighted by atomic mass is 16.5. The Morgan fingerprint density at radius 2 is 1.31 bits per heavy atom. The monoisotopic (exact) mass is 832 g/mol. The number of amides is 2. The van der Waals surface area contributed by atoms with Crippen LogP contribution in [0.5, 0.6) is 0 Å². The van der Waals surface area contributed by atoms with Crippen molar-refractivity contribution in [3.8, 4) is 0 Å². The van der Waals surface area contributed by atoms with Gasteiger partial charge < -0.3 is 29.9 Å². The molecule has 4 aromatic rings. The van der Waals surface area contributed by atoms with Gasteiger partial charge in [-0.15, -0.1) is 0 Å². The number of benzene rings is 4. The van der Waals surface area contributed by atoms with Gasteiger partial charge in [0.15, 0.2) is 5.71 Å². The van der Waals surface area contributed by atoms with E-state index in [2.05, 4.69) is 176 Å².